The lowest BCUT2D eigenvalue weighted by Crippen LogP contribution is -2.63. The van der Waals surface area contributed by atoms with Gasteiger partial charge in [0, 0.05) is 13.2 Å². The summed E-state index contributed by atoms with van der Waals surface area (Å²) < 4.78 is 35.5. The number of aliphatic hydroxyl groups excluding tert-OH is 5. The van der Waals surface area contributed by atoms with E-state index in [4.69, 9.17) is 34.2 Å². The van der Waals surface area contributed by atoms with Gasteiger partial charge in [-0.25, -0.2) is 0 Å². The van der Waals surface area contributed by atoms with Crippen molar-refractivity contribution in [1.29, 1.82) is 0 Å². The number of rotatable bonds is 11. The molecule has 4 rings (SSSR count). The maximum absolute atomic E-state index is 13.1. The minimum absolute atomic E-state index is 0.0327. The second-order valence-corrected chi connectivity index (χ2v) is 11.8. The van der Waals surface area contributed by atoms with Crippen LogP contribution in [0.4, 0.5) is 0 Å². The predicted octanol–water partition coefficient (Wildman–Crippen LogP) is -0.887. The Hall–Kier alpha value is -0.810. The lowest BCUT2D eigenvalue weighted by atomic mass is 9.85. The number of carbonyl (C=O) groups is 1. The molecular weight excluding hydrogens is 542 g/mol. The maximum atomic E-state index is 13.1. The molecule has 13 atom stereocenters. The second kappa shape index (κ2) is 15.3. The summed E-state index contributed by atoms with van der Waals surface area (Å²) in [7, 11) is 0. The number of hydrogen-bond donors (Lipinski definition) is 6. The van der Waals surface area contributed by atoms with Crippen LogP contribution in [0.5, 0.6) is 0 Å². The van der Waals surface area contributed by atoms with Crippen molar-refractivity contribution in [3.63, 3.8) is 0 Å². The average molecular weight is 592 g/mol. The highest BCUT2D eigenvalue weighted by Gasteiger charge is 2.50. The summed E-state index contributed by atoms with van der Waals surface area (Å²) in [6.07, 6.45) is -6.83. The molecule has 13 heteroatoms. The molecule has 0 bridgehead atoms. The van der Waals surface area contributed by atoms with Crippen molar-refractivity contribution in [3.8, 4) is 0 Å². The summed E-state index contributed by atoms with van der Waals surface area (Å²) >= 11 is 0. The number of ether oxygens (including phenoxy) is 6. The standard InChI is InChI=1S/C28H49NO12/c1-3-16(11-15-7-5-4-6-8-15)38-26-21(32)19(13-30)40-28(24(26)35)39-17-9-10-36-18(12-29)25(17)41-27-23(34)22(33)20(31)14(2)37-27/h14-20,22-28,30-31,33-35H,3-13,29H2,1-2H3. The number of Topliss-reactive ketones (excluding diaryl/α,β-unsaturated/α-hetero) is 1. The van der Waals surface area contributed by atoms with Crippen LogP contribution in [0.3, 0.4) is 0 Å². The highest BCUT2D eigenvalue weighted by atomic mass is 16.7. The van der Waals surface area contributed by atoms with Crippen LogP contribution in [0, 0.1) is 5.92 Å². The van der Waals surface area contributed by atoms with E-state index in [2.05, 4.69) is 0 Å². The van der Waals surface area contributed by atoms with E-state index in [1.807, 2.05) is 6.92 Å². The minimum Gasteiger partial charge on any atom is -0.393 e. The monoisotopic (exact) mass is 591 g/mol. The van der Waals surface area contributed by atoms with Gasteiger partial charge in [0.2, 0.25) is 0 Å². The number of carbonyl (C=O) groups excluding carboxylic acids is 1. The van der Waals surface area contributed by atoms with Crippen LogP contribution in [-0.2, 0) is 33.2 Å². The smallest absolute Gasteiger partial charge is 0.195 e. The molecule has 0 amide bonds. The first-order valence-corrected chi connectivity index (χ1v) is 15.1. The fourth-order valence-corrected chi connectivity index (χ4v) is 6.33. The molecule has 0 aromatic rings. The Morgan fingerprint density at radius 3 is 2.32 bits per heavy atom. The molecule has 238 valence electrons. The van der Waals surface area contributed by atoms with Crippen LogP contribution in [0.25, 0.3) is 0 Å². The molecule has 0 spiro atoms. The molecule has 0 aromatic carbocycles. The summed E-state index contributed by atoms with van der Waals surface area (Å²) in [6.45, 7) is 3.20. The number of ketones is 1. The van der Waals surface area contributed by atoms with Gasteiger partial charge in [-0.2, -0.15) is 0 Å². The SMILES string of the molecule is CCC(CC1CCCCC1)OC1C(=O)C(CO)OC(OC2CCOC(CN)C2OC2OC(C)C(O)C(O)C2O)C1O. The first-order valence-electron chi connectivity index (χ1n) is 15.1. The Balaban J connectivity index is 1.47. The Morgan fingerprint density at radius 1 is 0.951 bits per heavy atom. The number of nitrogens with two attached hydrogens (primary N) is 1. The van der Waals surface area contributed by atoms with E-state index in [1.54, 1.807) is 0 Å². The third-order valence-corrected chi connectivity index (χ3v) is 8.87. The van der Waals surface area contributed by atoms with Crippen molar-refractivity contribution in [2.24, 2.45) is 11.7 Å². The minimum atomic E-state index is -1.55. The Labute approximate surface area is 241 Å². The van der Waals surface area contributed by atoms with Crippen LogP contribution in [-0.4, -0.2) is 131 Å². The third-order valence-electron chi connectivity index (χ3n) is 8.87. The highest BCUT2D eigenvalue weighted by molar-refractivity contribution is 5.88. The van der Waals surface area contributed by atoms with Crippen molar-refractivity contribution in [2.75, 3.05) is 19.8 Å². The first-order chi connectivity index (χ1) is 19.7. The normalized spacial score (nSPS) is 43.7. The van der Waals surface area contributed by atoms with Gasteiger partial charge in [-0.15, -0.1) is 0 Å². The average Bonchev–Trinajstić information content (AvgIpc) is 2.98. The molecule has 1 aliphatic carbocycles. The van der Waals surface area contributed by atoms with Crippen molar-refractivity contribution in [1.82, 2.24) is 0 Å². The summed E-state index contributed by atoms with van der Waals surface area (Å²) in [4.78, 5) is 13.1. The van der Waals surface area contributed by atoms with E-state index in [0.717, 1.165) is 19.3 Å². The topological polar surface area (TPSA) is 200 Å². The molecule has 0 aromatic heterocycles. The maximum Gasteiger partial charge on any atom is 0.195 e. The summed E-state index contributed by atoms with van der Waals surface area (Å²) in [5.74, 6) is -0.0312. The Bertz CT molecular complexity index is 815. The van der Waals surface area contributed by atoms with E-state index in [1.165, 1.54) is 26.2 Å². The zero-order chi connectivity index (χ0) is 29.7. The molecule has 3 heterocycles. The molecule has 4 fully saturated rings. The van der Waals surface area contributed by atoms with E-state index >= 15 is 0 Å². The fraction of sp³-hybridized carbons (Fsp3) is 0.964. The Kier molecular flexibility index (Phi) is 12.3. The van der Waals surface area contributed by atoms with Gasteiger partial charge >= 0.3 is 0 Å². The molecule has 7 N–H and O–H groups in total. The van der Waals surface area contributed by atoms with Gasteiger partial charge in [-0.1, -0.05) is 39.0 Å². The van der Waals surface area contributed by atoms with Crippen LogP contribution >= 0.6 is 0 Å². The van der Waals surface area contributed by atoms with Crippen LogP contribution < -0.4 is 5.73 Å². The molecule has 13 nitrogen and oxygen atoms in total. The summed E-state index contributed by atoms with van der Waals surface area (Å²) in [5.41, 5.74) is 5.93. The van der Waals surface area contributed by atoms with Crippen LogP contribution in [0.15, 0.2) is 0 Å². The van der Waals surface area contributed by atoms with E-state index < -0.39 is 86.0 Å². The number of aliphatic hydroxyl groups is 5. The van der Waals surface area contributed by atoms with Gasteiger partial charge in [-0.05, 0) is 32.1 Å². The summed E-state index contributed by atoms with van der Waals surface area (Å²) in [5, 5.41) is 51.9. The van der Waals surface area contributed by atoms with Gasteiger partial charge in [-0.3, -0.25) is 4.79 Å². The van der Waals surface area contributed by atoms with E-state index in [0.29, 0.717) is 18.8 Å². The van der Waals surface area contributed by atoms with Crippen molar-refractivity contribution >= 4 is 5.78 Å². The van der Waals surface area contributed by atoms with Crippen LogP contribution in [0.1, 0.15) is 65.2 Å². The second-order valence-electron chi connectivity index (χ2n) is 11.8. The lowest BCUT2D eigenvalue weighted by Gasteiger charge is -2.46. The molecular formula is C28H49NO12. The predicted molar refractivity (Wildman–Crippen MR) is 142 cm³/mol. The molecule has 3 aliphatic heterocycles. The van der Waals surface area contributed by atoms with Gasteiger partial charge < -0.3 is 59.7 Å². The zero-order valence-corrected chi connectivity index (χ0v) is 24.0. The largest absolute Gasteiger partial charge is 0.393 e. The summed E-state index contributed by atoms with van der Waals surface area (Å²) in [6, 6.07) is 0. The highest BCUT2D eigenvalue weighted by Crippen LogP contribution is 2.33. The van der Waals surface area contributed by atoms with E-state index in [-0.39, 0.29) is 19.3 Å². The molecule has 0 radical (unpaired) electrons. The van der Waals surface area contributed by atoms with Crippen molar-refractivity contribution < 1.29 is 58.7 Å². The van der Waals surface area contributed by atoms with Gasteiger partial charge in [0.1, 0.15) is 42.7 Å². The third kappa shape index (κ3) is 7.83. The fourth-order valence-electron chi connectivity index (χ4n) is 6.33. The quantitative estimate of drug-likeness (QED) is 0.173. The van der Waals surface area contributed by atoms with Gasteiger partial charge in [0.15, 0.2) is 18.4 Å². The molecule has 13 unspecified atom stereocenters. The van der Waals surface area contributed by atoms with Crippen molar-refractivity contribution in [3.05, 3.63) is 0 Å². The van der Waals surface area contributed by atoms with Gasteiger partial charge in [0.25, 0.3) is 0 Å². The molecule has 41 heavy (non-hydrogen) atoms. The Morgan fingerprint density at radius 2 is 1.66 bits per heavy atom. The molecule has 1 saturated carbocycles. The molecule has 4 aliphatic rings. The van der Waals surface area contributed by atoms with Crippen LogP contribution in [0.2, 0.25) is 0 Å². The molecule has 3 saturated heterocycles. The lowest BCUT2D eigenvalue weighted by molar-refractivity contribution is -0.342. The van der Waals surface area contributed by atoms with E-state index in [9.17, 15) is 30.3 Å². The van der Waals surface area contributed by atoms with Crippen molar-refractivity contribution in [2.45, 2.75) is 145 Å². The van der Waals surface area contributed by atoms with Gasteiger partial charge in [0.05, 0.1) is 31.0 Å². The number of hydrogen-bond acceptors (Lipinski definition) is 13. The zero-order valence-electron chi connectivity index (χ0n) is 24.0. The first kappa shape index (κ1) is 33.1.